The Hall–Kier alpha value is -2.08. The highest BCUT2D eigenvalue weighted by molar-refractivity contribution is 5.52. The topological polar surface area (TPSA) is 41.6 Å². The van der Waals surface area contributed by atoms with Gasteiger partial charge in [-0.3, -0.25) is 0 Å². The van der Waals surface area contributed by atoms with Crippen molar-refractivity contribution in [2.24, 2.45) is 0 Å². The SMILES string of the molecule is N#CC1CCc2cccc(-n3ccnc3)c21. The molecule has 1 atom stereocenters. The van der Waals surface area contributed by atoms with Gasteiger partial charge in [0.1, 0.15) is 0 Å². The lowest BCUT2D eigenvalue weighted by Gasteiger charge is -2.11. The van der Waals surface area contributed by atoms with E-state index in [1.807, 2.05) is 16.8 Å². The zero-order valence-electron chi connectivity index (χ0n) is 8.80. The number of aromatic nitrogens is 2. The number of nitriles is 1. The van der Waals surface area contributed by atoms with Gasteiger partial charge >= 0.3 is 0 Å². The van der Waals surface area contributed by atoms with Crippen molar-refractivity contribution in [1.82, 2.24) is 9.55 Å². The molecule has 0 saturated heterocycles. The molecule has 78 valence electrons. The molecule has 1 aliphatic rings. The van der Waals surface area contributed by atoms with Crippen molar-refractivity contribution < 1.29 is 0 Å². The van der Waals surface area contributed by atoms with Gasteiger partial charge in [-0.25, -0.2) is 4.98 Å². The molecule has 0 amide bonds. The average molecular weight is 209 g/mol. The second-order valence-electron chi connectivity index (χ2n) is 4.04. The van der Waals surface area contributed by atoms with E-state index in [-0.39, 0.29) is 5.92 Å². The molecule has 0 N–H and O–H groups in total. The van der Waals surface area contributed by atoms with Crippen molar-refractivity contribution in [3.05, 3.63) is 48.0 Å². The zero-order chi connectivity index (χ0) is 11.0. The lowest BCUT2D eigenvalue weighted by Crippen LogP contribution is -1.99. The standard InChI is InChI=1S/C13H11N3/c14-8-11-5-4-10-2-1-3-12(13(10)11)16-7-6-15-9-16/h1-3,6-7,9,11H,4-5H2. The minimum Gasteiger partial charge on any atom is -0.306 e. The molecule has 0 aliphatic heterocycles. The van der Waals surface area contributed by atoms with Crippen LogP contribution in [0.2, 0.25) is 0 Å². The highest BCUT2D eigenvalue weighted by atomic mass is 15.0. The third-order valence-corrected chi connectivity index (χ3v) is 3.16. The van der Waals surface area contributed by atoms with Gasteiger partial charge in [0, 0.05) is 12.4 Å². The van der Waals surface area contributed by atoms with Crippen LogP contribution in [0.25, 0.3) is 5.69 Å². The summed E-state index contributed by atoms with van der Waals surface area (Å²) < 4.78 is 1.98. The quantitative estimate of drug-likeness (QED) is 0.723. The maximum Gasteiger partial charge on any atom is 0.0991 e. The van der Waals surface area contributed by atoms with Crippen LogP contribution in [0.15, 0.2) is 36.9 Å². The molecule has 0 saturated carbocycles. The summed E-state index contributed by atoms with van der Waals surface area (Å²) in [7, 11) is 0. The lowest BCUT2D eigenvalue weighted by molar-refractivity contribution is 0.819. The third-order valence-electron chi connectivity index (χ3n) is 3.16. The molecule has 0 bridgehead atoms. The fourth-order valence-corrected chi connectivity index (χ4v) is 2.42. The van der Waals surface area contributed by atoms with Gasteiger partial charge in [-0.2, -0.15) is 5.26 Å². The summed E-state index contributed by atoms with van der Waals surface area (Å²) in [6, 6.07) is 8.61. The Balaban J connectivity index is 2.21. The summed E-state index contributed by atoms with van der Waals surface area (Å²) >= 11 is 0. The molecule has 3 rings (SSSR count). The zero-order valence-corrected chi connectivity index (χ0v) is 8.80. The average Bonchev–Trinajstić information content (AvgIpc) is 2.97. The van der Waals surface area contributed by atoms with E-state index < -0.39 is 0 Å². The van der Waals surface area contributed by atoms with Crippen LogP contribution in [0.5, 0.6) is 0 Å². The number of hydrogen-bond donors (Lipinski definition) is 0. The Bertz CT molecular complexity index is 549. The summed E-state index contributed by atoms with van der Waals surface area (Å²) in [5.41, 5.74) is 3.58. The number of imidazole rings is 1. The number of benzene rings is 1. The van der Waals surface area contributed by atoms with E-state index in [2.05, 4.69) is 23.2 Å². The molecular formula is C13H11N3. The van der Waals surface area contributed by atoms with E-state index >= 15 is 0 Å². The number of hydrogen-bond acceptors (Lipinski definition) is 2. The highest BCUT2D eigenvalue weighted by Crippen LogP contribution is 2.36. The van der Waals surface area contributed by atoms with Crippen molar-refractivity contribution in [1.29, 1.82) is 5.26 Å². The van der Waals surface area contributed by atoms with E-state index in [0.29, 0.717) is 0 Å². The Morgan fingerprint density at radius 2 is 2.38 bits per heavy atom. The maximum absolute atomic E-state index is 9.16. The smallest absolute Gasteiger partial charge is 0.0991 e. The van der Waals surface area contributed by atoms with Crippen molar-refractivity contribution in [3.8, 4) is 11.8 Å². The fourth-order valence-electron chi connectivity index (χ4n) is 2.42. The predicted octanol–water partition coefficient (Wildman–Crippen LogP) is 2.43. The van der Waals surface area contributed by atoms with E-state index in [4.69, 9.17) is 5.26 Å². The first-order valence-electron chi connectivity index (χ1n) is 5.40. The Labute approximate surface area is 94.0 Å². The first kappa shape index (κ1) is 9.17. The van der Waals surface area contributed by atoms with Gasteiger partial charge in [0.05, 0.1) is 24.0 Å². The van der Waals surface area contributed by atoms with Crippen LogP contribution in [0, 0.1) is 11.3 Å². The number of rotatable bonds is 1. The van der Waals surface area contributed by atoms with E-state index in [9.17, 15) is 0 Å². The minimum atomic E-state index is 0.0357. The van der Waals surface area contributed by atoms with Crippen molar-refractivity contribution >= 4 is 0 Å². The molecule has 0 spiro atoms. The predicted molar refractivity (Wildman–Crippen MR) is 60.2 cm³/mol. The number of aryl methyl sites for hydroxylation is 1. The van der Waals surface area contributed by atoms with Crippen LogP contribution in [0.1, 0.15) is 23.5 Å². The van der Waals surface area contributed by atoms with Crippen LogP contribution in [0.4, 0.5) is 0 Å². The molecule has 1 unspecified atom stereocenters. The molecule has 3 nitrogen and oxygen atoms in total. The van der Waals surface area contributed by atoms with Crippen molar-refractivity contribution in [3.63, 3.8) is 0 Å². The van der Waals surface area contributed by atoms with Gasteiger partial charge in [0.2, 0.25) is 0 Å². The lowest BCUT2D eigenvalue weighted by atomic mass is 10.0. The summed E-state index contributed by atoms with van der Waals surface area (Å²) in [5, 5.41) is 9.16. The van der Waals surface area contributed by atoms with E-state index in [0.717, 1.165) is 18.5 Å². The Morgan fingerprint density at radius 3 is 3.12 bits per heavy atom. The van der Waals surface area contributed by atoms with Crippen LogP contribution < -0.4 is 0 Å². The van der Waals surface area contributed by atoms with Crippen LogP contribution in [-0.4, -0.2) is 9.55 Å². The van der Waals surface area contributed by atoms with Crippen LogP contribution in [0.3, 0.4) is 0 Å². The highest BCUT2D eigenvalue weighted by Gasteiger charge is 2.25. The second kappa shape index (κ2) is 3.49. The normalized spacial score (nSPS) is 18.1. The summed E-state index contributed by atoms with van der Waals surface area (Å²) in [4.78, 5) is 4.05. The van der Waals surface area contributed by atoms with E-state index in [1.165, 1.54) is 11.1 Å². The second-order valence-corrected chi connectivity index (χ2v) is 4.04. The molecule has 3 heteroatoms. The van der Waals surface area contributed by atoms with Gasteiger partial charge in [-0.15, -0.1) is 0 Å². The first-order chi connectivity index (χ1) is 7.90. The van der Waals surface area contributed by atoms with Crippen LogP contribution >= 0.6 is 0 Å². The maximum atomic E-state index is 9.16. The molecule has 0 radical (unpaired) electrons. The molecule has 1 aromatic carbocycles. The molecule has 1 heterocycles. The van der Waals surface area contributed by atoms with Crippen LogP contribution in [-0.2, 0) is 6.42 Å². The molecule has 1 aromatic heterocycles. The minimum absolute atomic E-state index is 0.0357. The van der Waals surface area contributed by atoms with E-state index in [1.54, 1.807) is 12.5 Å². The number of nitrogens with zero attached hydrogens (tertiary/aromatic N) is 3. The van der Waals surface area contributed by atoms with Gasteiger partial charge in [-0.1, -0.05) is 12.1 Å². The molecule has 1 aliphatic carbocycles. The Morgan fingerprint density at radius 1 is 1.44 bits per heavy atom. The molecular weight excluding hydrogens is 198 g/mol. The number of fused-ring (bicyclic) bond motifs is 1. The monoisotopic (exact) mass is 209 g/mol. The van der Waals surface area contributed by atoms with Gasteiger partial charge in [0.25, 0.3) is 0 Å². The molecule has 16 heavy (non-hydrogen) atoms. The fraction of sp³-hybridized carbons (Fsp3) is 0.231. The summed E-state index contributed by atoms with van der Waals surface area (Å²) in [6.45, 7) is 0. The van der Waals surface area contributed by atoms with Gasteiger partial charge < -0.3 is 4.57 Å². The van der Waals surface area contributed by atoms with Gasteiger partial charge in [0.15, 0.2) is 0 Å². The largest absolute Gasteiger partial charge is 0.306 e. The first-order valence-corrected chi connectivity index (χ1v) is 5.40. The van der Waals surface area contributed by atoms with Crippen molar-refractivity contribution in [2.75, 3.05) is 0 Å². The van der Waals surface area contributed by atoms with Crippen molar-refractivity contribution in [2.45, 2.75) is 18.8 Å². The molecule has 2 aromatic rings. The Kier molecular flexibility index (Phi) is 2.00. The summed E-state index contributed by atoms with van der Waals surface area (Å²) in [5.74, 6) is 0.0357. The summed E-state index contributed by atoms with van der Waals surface area (Å²) in [6.07, 6.45) is 7.41. The van der Waals surface area contributed by atoms with Gasteiger partial charge in [-0.05, 0) is 30.0 Å². The molecule has 0 fully saturated rings. The third kappa shape index (κ3) is 1.24.